The van der Waals surface area contributed by atoms with Gasteiger partial charge in [0, 0.05) is 25.6 Å². The van der Waals surface area contributed by atoms with Gasteiger partial charge in [0.15, 0.2) is 0 Å². The van der Waals surface area contributed by atoms with Crippen molar-refractivity contribution in [1.82, 2.24) is 20.9 Å². The van der Waals surface area contributed by atoms with Crippen molar-refractivity contribution >= 4 is 30.3 Å². The summed E-state index contributed by atoms with van der Waals surface area (Å²) in [5.74, 6) is -0.0520. The van der Waals surface area contributed by atoms with Gasteiger partial charge in [-0.1, -0.05) is 12.8 Å². The summed E-state index contributed by atoms with van der Waals surface area (Å²) in [6.07, 6.45) is 3.23. The topological polar surface area (TPSA) is 90.5 Å². The average molecular weight is 331 g/mol. The predicted molar refractivity (Wildman–Crippen MR) is 82.7 cm³/mol. The van der Waals surface area contributed by atoms with Gasteiger partial charge in [0.2, 0.25) is 5.91 Å². The quantitative estimate of drug-likeness (QED) is 0.633. The maximum atomic E-state index is 12.5. The first-order valence-corrected chi connectivity index (χ1v) is 7.68. The normalized spacial score (nSPS) is 24.7. The van der Waals surface area contributed by atoms with E-state index in [2.05, 4.69) is 16.0 Å². The van der Waals surface area contributed by atoms with Crippen LogP contribution in [0.5, 0.6) is 0 Å². The molecule has 22 heavy (non-hydrogen) atoms. The van der Waals surface area contributed by atoms with Gasteiger partial charge in [-0.3, -0.25) is 9.59 Å². The number of amides is 4. The van der Waals surface area contributed by atoms with E-state index in [1.165, 1.54) is 0 Å². The fourth-order valence-electron chi connectivity index (χ4n) is 3.31. The Hall–Kier alpha value is -1.34. The van der Waals surface area contributed by atoms with Crippen molar-refractivity contribution in [2.75, 3.05) is 19.6 Å². The van der Waals surface area contributed by atoms with Crippen molar-refractivity contribution in [3.63, 3.8) is 0 Å². The van der Waals surface area contributed by atoms with Gasteiger partial charge in [0.25, 0.3) is 5.91 Å². The van der Waals surface area contributed by atoms with Crippen LogP contribution in [0.4, 0.5) is 4.79 Å². The van der Waals surface area contributed by atoms with Gasteiger partial charge >= 0.3 is 6.03 Å². The van der Waals surface area contributed by atoms with Crippen LogP contribution in [0.3, 0.4) is 0 Å². The second-order valence-corrected chi connectivity index (χ2v) is 6.34. The zero-order chi connectivity index (χ0) is 15.0. The third-order valence-corrected chi connectivity index (χ3v) is 4.85. The predicted octanol–water partition coefficient (Wildman–Crippen LogP) is -0.00310. The van der Waals surface area contributed by atoms with E-state index in [4.69, 9.17) is 0 Å². The summed E-state index contributed by atoms with van der Waals surface area (Å²) in [5.41, 5.74) is -0.747. The van der Waals surface area contributed by atoms with E-state index in [9.17, 15) is 14.4 Å². The first-order chi connectivity index (χ1) is 10.0. The Balaban J connectivity index is 0.00000176. The smallest absolute Gasteiger partial charge is 0.325 e. The Labute approximate surface area is 136 Å². The van der Waals surface area contributed by atoms with Crippen LogP contribution in [-0.2, 0) is 9.59 Å². The zero-order valence-corrected chi connectivity index (χ0v) is 13.5. The van der Waals surface area contributed by atoms with Gasteiger partial charge in [0.05, 0.1) is 0 Å². The molecule has 2 heterocycles. The summed E-state index contributed by atoms with van der Waals surface area (Å²) < 4.78 is 0. The van der Waals surface area contributed by atoms with Crippen LogP contribution in [0.1, 0.15) is 32.6 Å². The number of hydrogen-bond acceptors (Lipinski definition) is 4. The molecular weight excluding hydrogens is 308 g/mol. The monoisotopic (exact) mass is 330 g/mol. The highest BCUT2D eigenvalue weighted by Gasteiger charge is 2.54. The third-order valence-electron chi connectivity index (χ3n) is 4.85. The number of carbonyl (C=O) groups is 3. The maximum Gasteiger partial charge on any atom is 0.325 e. The van der Waals surface area contributed by atoms with E-state index < -0.39 is 17.6 Å². The molecular formula is C14H23ClN4O3. The Morgan fingerprint density at radius 3 is 2.55 bits per heavy atom. The van der Waals surface area contributed by atoms with Gasteiger partial charge in [-0.05, 0) is 19.8 Å². The van der Waals surface area contributed by atoms with Crippen molar-refractivity contribution < 1.29 is 14.4 Å². The summed E-state index contributed by atoms with van der Waals surface area (Å²) in [6.45, 7) is 4.01. The Morgan fingerprint density at radius 1 is 1.36 bits per heavy atom. The van der Waals surface area contributed by atoms with E-state index in [1.54, 1.807) is 6.92 Å². The molecule has 1 saturated carbocycles. The van der Waals surface area contributed by atoms with Gasteiger partial charge < -0.3 is 16.0 Å². The fraction of sp³-hybridized carbons (Fsp3) is 0.786. The molecule has 2 aliphatic heterocycles. The average Bonchev–Trinajstić information content (AvgIpc) is 2.94. The van der Waals surface area contributed by atoms with Crippen LogP contribution in [0, 0.1) is 5.92 Å². The highest BCUT2D eigenvalue weighted by molar-refractivity contribution is 6.09. The molecule has 0 radical (unpaired) electrons. The summed E-state index contributed by atoms with van der Waals surface area (Å²) in [7, 11) is 0. The SMILES string of the molecule is CC(C(=O)NCC1CNC1)N1C(=O)NC2(CCCC2)C1=O.Cl. The molecule has 3 N–H and O–H groups in total. The second kappa shape index (κ2) is 6.42. The second-order valence-electron chi connectivity index (χ2n) is 6.34. The van der Waals surface area contributed by atoms with E-state index in [1.807, 2.05) is 0 Å². The minimum absolute atomic E-state index is 0. The largest absolute Gasteiger partial charge is 0.354 e. The molecule has 124 valence electrons. The number of halogens is 1. The lowest BCUT2D eigenvalue weighted by Gasteiger charge is -2.28. The van der Waals surface area contributed by atoms with Crippen LogP contribution in [0.2, 0.25) is 0 Å². The Morgan fingerprint density at radius 2 is 2.00 bits per heavy atom. The molecule has 3 aliphatic rings. The lowest BCUT2D eigenvalue weighted by molar-refractivity contribution is -0.137. The summed E-state index contributed by atoms with van der Waals surface area (Å²) >= 11 is 0. The zero-order valence-electron chi connectivity index (χ0n) is 12.7. The lowest BCUT2D eigenvalue weighted by Crippen LogP contribution is -2.53. The van der Waals surface area contributed by atoms with Crippen molar-refractivity contribution in [3.8, 4) is 0 Å². The van der Waals surface area contributed by atoms with E-state index in [-0.39, 0.29) is 24.2 Å². The molecule has 0 aromatic rings. The molecule has 7 nitrogen and oxygen atoms in total. The number of nitrogens with zero attached hydrogens (tertiary/aromatic N) is 1. The van der Waals surface area contributed by atoms with Crippen LogP contribution in [-0.4, -0.2) is 54.0 Å². The third kappa shape index (κ3) is 2.79. The molecule has 0 aromatic heterocycles. The molecule has 0 aromatic carbocycles. The molecule has 3 fully saturated rings. The van der Waals surface area contributed by atoms with Crippen LogP contribution in [0.25, 0.3) is 0 Å². The number of carbonyl (C=O) groups excluding carboxylic acids is 3. The van der Waals surface area contributed by atoms with E-state index in [0.717, 1.165) is 30.8 Å². The Kier molecular flexibility index (Phi) is 4.97. The van der Waals surface area contributed by atoms with Crippen LogP contribution in [0.15, 0.2) is 0 Å². The van der Waals surface area contributed by atoms with Gasteiger partial charge in [0.1, 0.15) is 11.6 Å². The molecule has 2 saturated heterocycles. The van der Waals surface area contributed by atoms with Gasteiger partial charge in [-0.25, -0.2) is 9.69 Å². The summed E-state index contributed by atoms with van der Waals surface area (Å²) in [4.78, 5) is 37.9. The molecule has 0 bridgehead atoms. The lowest BCUT2D eigenvalue weighted by atomic mass is 9.97. The highest BCUT2D eigenvalue weighted by atomic mass is 35.5. The maximum absolute atomic E-state index is 12.5. The van der Waals surface area contributed by atoms with Crippen molar-refractivity contribution in [2.24, 2.45) is 5.92 Å². The van der Waals surface area contributed by atoms with Crippen molar-refractivity contribution in [1.29, 1.82) is 0 Å². The highest BCUT2D eigenvalue weighted by Crippen LogP contribution is 2.35. The summed E-state index contributed by atoms with van der Waals surface area (Å²) in [5, 5.41) is 8.76. The first kappa shape index (κ1) is 17.0. The van der Waals surface area contributed by atoms with Crippen molar-refractivity contribution in [2.45, 2.75) is 44.2 Å². The molecule has 1 unspecified atom stereocenters. The van der Waals surface area contributed by atoms with Gasteiger partial charge in [-0.15, -0.1) is 12.4 Å². The van der Waals surface area contributed by atoms with Gasteiger partial charge in [-0.2, -0.15) is 0 Å². The minimum Gasteiger partial charge on any atom is -0.354 e. The Bertz CT molecular complexity index is 475. The number of hydrogen-bond donors (Lipinski definition) is 3. The number of urea groups is 1. The molecule has 1 atom stereocenters. The fourth-order valence-corrected chi connectivity index (χ4v) is 3.31. The molecule has 1 spiro atoms. The van der Waals surface area contributed by atoms with E-state index in [0.29, 0.717) is 25.3 Å². The van der Waals surface area contributed by atoms with Crippen molar-refractivity contribution in [3.05, 3.63) is 0 Å². The molecule has 3 rings (SSSR count). The number of rotatable bonds is 4. The summed E-state index contributed by atoms with van der Waals surface area (Å²) in [6, 6.07) is -1.19. The molecule has 4 amide bonds. The van der Waals surface area contributed by atoms with Crippen LogP contribution >= 0.6 is 12.4 Å². The standard InChI is InChI=1S/C14H22N4O3.ClH/c1-9(11(19)16-8-10-6-15-7-10)18-12(20)14(17-13(18)21)4-2-3-5-14;/h9-10,15H,2-8H2,1H3,(H,16,19)(H,17,21);1H. The number of nitrogens with one attached hydrogen (secondary N) is 3. The first-order valence-electron chi connectivity index (χ1n) is 7.68. The minimum atomic E-state index is -0.759. The van der Waals surface area contributed by atoms with Crippen LogP contribution < -0.4 is 16.0 Å². The molecule has 1 aliphatic carbocycles. The molecule has 8 heteroatoms. The van der Waals surface area contributed by atoms with E-state index >= 15 is 0 Å². The number of imide groups is 1.